The second-order valence-corrected chi connectivity index (χ2v) is 4.96. The average molecular weight is 229 g/mol. The molecule has 1 rings (SSSR count). The van der Waals surface area contributed by atoms with Crippen LogP contribution in [0.3, 0.4) is 0 Å². The molecule has 1 atom stereocenters. The van der Waals surface area contributed by atoms with Gasteiger partial charge >= 0.3 is 0 Å². The van der Waals surface area contributed by atoms with Crippen LogP contribution in [0.5, 0.6) is 0 Å². The van der Waals surface area contributed by atoms with E-state index in [0.29, 0.717) is 15.3 Å². The lowest BCUT2D eigenvalue weighted by atomic mass is 10.4. The summed E-state index contributed by atoms with van der Waals surface area (Å²) in [6.45, 7) is 0. The van der Waals surface area contributed by atoms with Gasteiger partial charge in [0, 0.05) is 15.3 Å². The smallest absolute Gasteiger partial charge is 0.186 e. The molecule has 0 aromatic heterocycles. The number of hydrogen-bond donors (Lipinski definition) is 0. The van der Waals surface area contributed by atoms with Crippen LogP contribution in [-0.2, 0) is 4.57 Å². The molecule has 0 aliphatic carbocycles. The molecule has 0 N–H and O–H groups in total. The molecule has 0 radical (unpaired) electrons. The van der Waals surface area contributed by atoms with Crippen molar-refractivity contribution in [2.75, 3.05) is 0 Å². The van der Waals surface area contributed by atoms with E-state index in [0.717, 1.165) is 0 Å². The highest BCUT2D eigenvalue weighted by Gasteiger charge is 2.01. The Balaban J connectivity index is 3.19. The van der Waals surface area contributed by atoms with Crippen LogP contribution in [0.1, 0.15) is 0 Å². The van der Waals surface area contributed by atoms with Crippen molar-refractivity contribution in [1.29, 1.82) is 0 Å². The summed E-state index contributed by atoms with van der Waals surface area (Å²) in [5.74, 6) is 0. The van der Waals surface area contributed by atoms with Crippen LogP contribution in [0.15, 0.2) is 18.2 Å². The molecule has 60 valence electrons. The molecular weight excluding hydrogens is 225 g/mol. The zero-order valence-corrected chi connectivity index (χ0v) is 8.54. The fourth-order valence-corrected chi connectivity index (χ4v) is 2.24. The first kappa shape index (κ1) is 9.41. The standard InChI is InChI=1S/C6H4Cl3OP/c7-4-1-5(8)3-6(2-4)11(9)10/h1-3,11H. The third-order valence-electron chi connectivity index (χ3n) is 1.09. The molecule has 0 spiro atoms. The molecule has 0 amide bonds. The predicted octanol–water partition coefficient (Wildman–Crippen LogP) is 3.33. The zero-order chi connectivity index (χ0) is 8.43. The van der Waals surface area contributed by atoms with E-state index in [1.165, 1.54) is 0 Å². The Morgan fingerprint density at radius 3 is 1.91 bits per heavy atom. The SMILES string of the molecule is O=[PH](Cl)c1cc(Cl)cc(Cl)c1. The molecule has 0 heterocycles. The van der Waals surface area contributed by atoms with Crippen LogP contribution in [0.4, 0.5) is 0 Å². The summed E-state index contributed by atoms with van der Waals surface area (Å²) in [5.41, 5.74) is 0. The van der Waals surface area contributed by atoms with E-state index in [1.54, 1.807) is 18.2 Å². The number of hydrogen-bond acceptors (Lipinski definition) is 1. The van der Waals surface area contributed by atoms with E-state index < -0.39 is 7.15 Å². The lowest BCUT2D eigenvalue weighted by Gasteiger charge is -1.96. The van der Waals surface area contributed by atoms with Crippen molar-refractivity contribution in [2.24, 2.45) is 0 Å². The van der Waals surface area contributed by atoms with Gasteiger partial charge in [-0.2, -0.15) is 0 Å². The van der Waals surface area contributed by atoms with Crippen LogP contribution >= 0.6 is 41.6 Å². The van der Waals surface area contributed by atoms with Gasteiger partial charge in [0.05, 0.1) is 0 Å². The highest BCUT2D eigenvalue weighted by Crippen LogP contribution is 2.28. The Labute approximate surface area is 79.8 Å². The summed E-state index contributed by atoms with van der Waals surface area (Å²) in [5, 5.41) is 1.40. The largest absolute Gasteiger partial charge is 0.305 e. The van der Waals surface area contributed by atoms with Gasteiger partial charge in [-0.3, -0.25) is 0 Å². The molecular formula is C6H4Cl3OP. The Hall–Kier alpha value is 0.320. The molecule has 1 unspecified atom stereocenters. The zero-order valence-electron chi connectivity index (χ0n) is 5.27. The van der Waals surface area contributed by atoms with Crippen molar-refractivity contribution in [3.8, 4) is 0 Å². The van der Waals surface area contributed by atoms with Crippen LogP contribution in [0.25, 0.3) is 0 Å². The van der Waals surface area contributed by atoms with Crippen molar-refractivity contribution in [2.45, 2.75) is 0 Å². The molecule has 1 aromatic rings. The average Bonchev–Trinajstić information content (AvgIpc) is 1.85. The summed E-state index contributed by atoms with van der Waals surface area (Å²) in [7, 11) is -2.20. The number of halogens is 3. The van der Waals surface area contributed by atoms with E-state index in [1.807, 2.05) is 0 Å². The van der Waals surface area contributed by atoms with Crippen LogP contribution < -0.4 is 5.30 Å². The first-order chi connectivity index (χ1) is 5.09. The second kappa shape index (κ2) is 3.82. The first-order valence-corrected chi connectivity index (χ1v) is 5.93. The predicted molar refractivity (Wildman–Crippen MR) is 51.0 cm³/mol. The number of benzene rings is 1. The lowest BCUT2D eigenvalue weighted by molar-refractivity contribution is 0.600. The molecule has 11 heavy (non-hydrogen) atoms. The molecule has 0 bridgehead atoms. The summed E-state index contributed by atoms with van der Waals surface area (Å²) in [6, 6.07) is 4.65. The van der Waals surface area contributed by atoms with Gasteiger partial charge in [0.15, 0.2) is 7.15 Å². The van der Waals surface area contributed by atoms with Gasteiger partial charge in [0.25, 0.3) is 0 Å². The highest BCUT2D eigenvalue weighted by molar-refractivity contribution is 7.80. The monoisotopic (exact) mass is 228 g/mol. The molecule has 0 saturated heterocycles. The summed E-state index contributed by atoms with van der Waals surface area (Å²) < 4.78 is 10.8. The van der Waals surface area contributed by atoms with Crippen molar-refractivity contribution in [3.05, 3.63) is 28.2 Å². The topological polar surface area (TPSA) is 17.1 Å². The van der Waals surface area contributed by atoms with Crippen molar-refractivity contribution in [3.63, 3.8) is 0 Å². The molecule has 1 nitrogen and oxygen atoms in total. The Morgan fingerprint density at radius 2 is 1.55 bits per heavy atom. The third kappa shape index (κ3) is 2.68. The third-order valence-corrected chi connectivity index (χ3v) is 2.92. The Kier molecular flexibility index (Phi) is 3.27. The minimum Gasteiger partial charge on any atom is -0.305 e. The van der Waals surface area contributed by atoms with Crippen LogP contribution in [0.2, 0.25) is 10.0 Å². The van der Waals surface area contributed by atoms with Gasteiger partial charge in [-0.15, -0.1) is 0 Å². The van der Waals surface area contributed by atoms with E-state index in [9.17, 15) is 4.57 Å². The maximum atomic E-state index is 10.8. The summed E-state index contributed by atoms with van der Waals surface area (Å²) in [4.78, 5) is 0. The van der Waals surface area contributed by atoms with Crippen molar-refractivity contribution < 1.29 is 4.57 Å². The number of rotatable bonds is 1. The maximum Gasteiger partial charge on any atom is 0.186 e. The summed E-state index contributed by atoms with van der Waals surface area (Å²) in [6.07, 6.45) is 0. The van der Waals surface area contributed by atoms with Gasteiger partial charge in [-0.25, -0.2) is 0 Å². The fourth-order valence-electron chi connectivity index (χ4n) is 0.667. The minimum absolute atomic E-state index is 0.450. The van der Waals surface area contributed by atoms with Crippen LogP contribution in [0, 0.1) is 0 Å². The molecule has 0 fully saturated rings. The van der Waals surface area contributed by atoms with E-state index in [2.05, 4.69) is 0 Å². The molecule has 0 aliphatic rings. The molecule has 0 aliphatic heterocycles. The van der Waals surface area contributed by atoms with Crippen LogP contribution in [-0.4, -0.2) is 0 Å². The molecule has 5 heteroatoms. The van der Waals surface area contributed by atoms with Gasteiger partial charge < -0.3 is 4.57 Å². The first-order valence-electron chi connectivity index (χ1n) is 2.75. The van der Waals surface area contributed by atoms with Gasteiger partial charge in [0.1, 0.15) is 0 Å². The van der Waals surface area contributed by atoms with Crippen molar-refractivity contribution in [1.82, 2.24) is 0 Å². The van der Waals surface area contributed by atoms with Gasteiger partial charge in [-0.05, 0) is 18.2 Å². The van der Waals surface area contributed by atoms with Gasteiger partial charge in [-0.1, -0.05) is 34.4 Å². The Morgan fingerprint density at radius 1 is 1.09 bits per heavy atom. The fraction of sp³-hybridized carbons (Fsp3) is 0. The summed E-state index contributed by atoms with van der Waals surface area (Å²) >= 11 is 16.6. The minimum atomic E-state index is -2.20. The normalized spacial score (nSPS) is 13.0. The Bertz CT molecular complexity index is 280. The molecule has 0 saturated carbocycles. The maximum absolute atomic E-state index is 10.8. The lowest BCUT2D eigenvalue weighted by Crippen LogP contribution is -1.91. The molecule has 1 aromatic carbocycles. The van der Waals surface area contributed by atoms with Crippen molar-refractivity contribution >= 4 is 46.9 Å². The van der Waals surface area contributed by atoms with Gasteiger partial charge in [0.2, 0.25) is 0 Å². The highest BCUT2D eigenvalue weighted by atomic mass is 35.7. The quantitative estimate of drug-likeness (QED) is 0.675. The van der Waals surface area contributed by atoms with E-state index in [4.69, 9.17) is 34.4 Å². The second-order valence-electron chi connectivity index (χ2n) is 1.93. The van der Waals surface area contributed by atoms with E-state index in [-0.39, 0.29) is 0 Å². The van der Waals surface area contributed by atoms with E-state index >= 15 is 0 Å².